The van der Waals surface area contributed by atoms with Crippen LogP contribution in [0.3, 0.4) is 0 Å². The predicted molar refractivity (Wildman–Crippen MR) is 71.4 cm³/mol. The average Bonchev–Trinajstić information content (AvgIpc) is 2.86. The number of hydrogen-bond acceptors (Lipinski definition) is 5. The van der Waals surface area contributed by atoms with Gasteiger partial charge in [-0.2, -0.15) is 4.98 Å². The number of aliphatic hydroxyl groups is 1. The summed E-state index contributed by atoms with van der Waals surface area (Å²) in [5.41, 5.74) is 1.20. The molecule has 0 aliphatic carbocycles. The van der Waals surface area contributed by atoms with Gasteiger partial charge in [0, 0.05) is 19.6 Å². The van der Waals surface area contributed by atoms with Gasteiger partial charge in [-0.1, -0.05) is 35.5 Å². The molecule has 2 rings (SSSR count). The minimum absolute atomic E-state index is 0.187. The Morgan fingerprint density at radius 1 is 1.32 bits per heavy atom. The van der Waals surface area contributed by atoms with E-state index in [-0.39, 0.29) is 12.6 Å². The second kappa shape index (κ2) is 7.01. The third-order valence-corrected chi connectivity index (χ3v) is 2.93. The molecule has 0 bridgehead atoms. The van der Waals surface area contributed by atoms with E-state index in [9.17, 15) is 0 Å². The Hall–Kier alpha value is -1.72. The van der Waals surface area contributed by atoms with Crippen molar-refractivity contribution in [3.8, 4) is 0 Å². The summed E-state index contributed by atoms with van der Waals surface area (Å²) in [7, 11) is 0. The van der Waals surface area contributed by atoms with Crippen molar-refractivity contribution in [2.24, 2.45) is 0 Å². The molecule has 1 aromatic heterocycles. The van der Waals surface area contributed by atoms with Gasteiger partial charge in [0.1, 0.15) is 0 Å². The van der Waals surface area contributed by atoms with Crippen LogP contribution >= 0.6 is 0 Å². The molecule has 5 nitrogen and oxygen atoms in total. The quantitative estimate of drug-likeness (QED) is 0.797. The molecule has 0 radical (unpaired) electrons. The zero-order chi connectivity index (χ0) is 13.5. The summed E-state index contributed by atoms with van der Waals surface area (Å²) in [6, 6.07) is 10.4. The molecule has 0 amide bonds. The molecule has 5 heteroatoms. The third-order valence-electron chi connectivity index (χ3n) is 2.93. The maximum Gasteiger partial charge on any atom is 0.223 e. The van der Waals surface area contributed by atoms with Crippen molar-refractivity contribution in [1.82, 2.24) is 15.5 Å². The van der Waals surface area contributed by atoms with Gasteiger partial charge in [-0.3, -0.25) is 0 Å². The van der Waals surface area contributed by atoms with Gasteiger partial charge in [0.05, 0.1) is 6.54 Å². The lowest BCUT2D eigenvalue weighted by Gasteiger charge is -2.17. The van der Waals surface area contributed by atoms with Crippen molar-refractivity contribution in [2.75, 3.05) is 6.61 Å². The van der Waals surface area contributed by atoms with Crippen LogP contribution in [0.15, 0.2) is 34.9 Å². The number of aryl methyl sites for hydroxylation is 1. The largest absolute Gasteiger partial charge is 0.396 e. The normalized spacial score (nSPS) is 12.5. The van der Waals surface area contributed by atoms with Gasteiger partial charge >= 0.3 is 0 Å². The number of benzene rings is 1. The standard InChI is InChI=1S/C14H19N3O2/c1-11-16-14(17-19-11)10-15-13(8-5-9-18)12-6-3-2-4-7-12/h2-4,6-7,13,15,18H,5,8-10H2,1H3. The van der Waals surface area contributed by atoms with Crippen LogP contribution in [0.5, 0.6) is 0 Å². The van der Waals surface area contributed by atoms with E-state index in [2.05, 4.69) is 27.6 Å². The summed E-state index contributed by atoms with van der Waals surface area (Å²) in [4.78, 5) is 4.17. The van der Waals surface area contributed by atoms with Gasteiger partial charge in [-0.25, -0.2) is 0 Å². The topological polar surface area (TPSA) is 71.2 Å². The van der Waals surface area contributed by atoms with E-state index >= 15 is 0 Å². The number of hydrogen-bond donors (Lipinski definition) is 2. The first kappa shape index (κ1) is 13.7. The van der Waals surface area contributed by atoms with Gasteiger partial charge in [-0.15, -0.1) is 0 Å². The minimum atomic E-state index is 0.187. The second-order valence-electron chi connectivity index (χ2n) is 4.44. The number of aromatic nitrogens is 2. The highest BCUT2D eigenvalue weighted by molar-refractivity contribution is 5.18. The van der Waals surface area contributed by atoms with E-state index in [1.807, 2.05) is 18.2 Å². The van der Waals surface area contributed by atoms with E-state index in [0.717, 1.165) is 12.8 Å². The molecule has 0 fully saturated rings. The Morgan fingerprint density at radius 2 is 2.11 bits per heavy atom. The number of nitrogens with one attached hydrogen (secondary N) is 1. The summed E-state index contributed by atoms with van der Waals surface area (Å²) in [6.07, 6.45) is 1.63. The molecule has 1 aromatic carbocycles. The van der Waals surface area contributed by atoms with Crippen LogP contribution in [-0.2, 0) is 6.54 Å². The first-order valence-electron chi connectivity index (χ1n) is 6.48. The smallest absolute Gasteiger partial charge is 0.223 e. The van der Waals surface area contributed by atoms with E-state index in [4.69, 9.17) is 9.63 Å². The third kappa shape index (κ3) is 4.15. The maximum atomic E-state index is 8.98. The fourth-order valence-corrected chi connectivity index (χ4v) is 1.99. The van der Waals surface area contributed by atoms with Crippen LogP contribution < -0.4 is 5.32 Å². The first-order chi connectivity index (χ1) is 9.29. The Bertz CT molecular complexity index is 484. The van der Waals surface area contributed by atoms with E-state index < -0.39 is 0 Å². The SMILES string of the molecule is Cc1nc(CNC(CCCO)c2ccccc2)no1. The number of rotatable bonds is 7. The lowest BCUT2D eigenvalue weighted by Crippen LogP contribution is -2.22. The average molecular weight is 261 g/mol. The summed E-state index contributed by atoms with van der Waals surface area (Å²) >= 11 is 0. The van der Waals surface area contributed by atoms with Crippen molar-refractivity contribution < 1.29 is 9.63 Å². The van der Waals surface area contributed by atoms with Crippen LogP contribution in [0.25, 0.3) is 0 Å². The van der Waals surface area contributed by atoms with Crippen LogP contribution in [0, 0.1) is 6.92 Å². The van der Waals surface area contributed by atoms with Crippen molar-refractivity contribution >= 4 is 0 Å². The van der Waals surface area contributed by atoms with Crippen molar-refractivity contribution in [3.05, 3.63) is 47.6 Å². The molecule has 0 saturated heterocycles. The molecule has 102 valence electrons. The van der Waals surface area contributed by atoms with E-state index in [0.29, 0.717) is 18.3 Å². The molecule has 0 saturated carbocycles. The van der Waals surface area contributed by atoms with E-state index in [1.165, 1.54) is 5.56 Å². The lowest BCUT2D eigenvalue weighted by molar-refractivity contribution is 0.274. The van der Waals surface area contributed by atoms with Crippen molar-refractivity contribution in [1.29, 1.82) is 0 Å². The summed E-state index contributed by atoms with van der Waals surface area (Å²) < 4.78 is 4.94. The molecule has 0 aliphatic heterocycles. The number of aliphatic hydroxyl groups excluding tert-OH is 1. The zero-order valence-corrected chi connectivity index (χ0v) is 11.0. The van der Waals surface area contributed by atoms with Crippen LogP contribution in [0.1, 0.15) is 36.2 Å². The van der Waals surface area contributed by atoms with Gasteiger partial charge in [0.2, 0.25) is 5.89 Å². The Labute approximate surface area is 112 Å². The minimum Gasteiger partial charge on any atom is -0.396 e. The predicted octanol–water partition coefficient (Wildman–Crippen LogP) is 1.98. The molecule has 0 aliphatic rings. The molecular weight excluding hydrogens is 242 g/mol. The highest BCUT2D eigenvalue weighted by Crippen LogP contribution is 2.18. The molecule has 0 spiro atoms. The monoisotopic (exact) mass is 261 g/mol. The van der Waals surface area contributed by atoms with Gasteiger partial charge in [0.25, 0.3) is 0 Å². The van der Waals surface area contributed by atoms with Gasteiger partial charge < -0.3 is 14.9 Å². The number of nitrogens with zero attached hydrogens (tertiary/aromatic N) is 2. The van der Waals surface area contributed by atoms with Gasteiger partial charge in [-0.05, 0) is 18.4 Å². The lowest BCUT2D eigenvalue weighted by atomic mass is 10.0. The molecule has 1 heterocycles. The molecule has 2 N–H and O–H groups in total. The Kier molecular flexibility index (Phi) is 5.06. The highest BCUT2D eigenvalue weighted by Gasteiger charge is 2.11. The van der Waals surface area contributed by atoms with Crippen molar-refractivity contribution in [3.63, 3.8) is 0 Å². The second-order valence-corrected chi connectivity index (χ2v) is 4.44. The van der Waals surface area contributed by atoms with Gasteiger partial charge in [0.15, 0.2) is 5.82 Å². The molecule has 2 aromatic rings. The van der Waals surface area contributed by atoms with Crippen LogP contribution in [0.4, 0.5) is 0 Å². The Morgan fingerprint density at radius 3 is 2.74 bits per heavy atom. The van der Waals surface area contributed by atoms with Crippen LogP contribution in [-0.4, -0.2) is 21.9 Å². The van der Waals surface area contributed by atoms with Crippen LogP contribution in [0.2, 0.25) is 0 Å². The molecule has 1 atom stereocenters. The summed E-state index contributed by atoms with van der Waals surface area (Å²) in [5.74, 6) is 1.23. The summed E-state index contributed by atoms with van der Waals surface area (Å²) in [6.45, 7) is 2.53. The molecular formula is C14H19N3O2. The maximum absolute atomic E-state index is 8.98. The molecule has 1 unspecified atom stereocenters. The highest BCUT2D eigenvalue weighted by atomic mass is 16.5. The fourth-order valence-electron chi connectivity index (χ4n) is 1.99. The molecule has 19 heavy (non-hydrogen) atoms. The first-order valence-corrected chi connectivity index (χ1v) is 6.48. The zero-order valence-electron chi connectivity index (χ0n) is 11.0. The van der Waals surface area contributed by atoms with E-state index in [1.54, 1.807) is 6.92 Å². The van der Waals surface area contributed by atoms with Crippen molar-refractivity contribution in [2.45, 2.75) is 32.4 Å². The summed E-state index contributed by atoms with van der Waals surface area (Å²) in [5, 5.41) is 16.3. The fraction of sp³-hybridized carbons (Fsp3) is 0.429. The Balaban J connectivity index is 1.97.